The molecule has 3 rings (SSSR count). The molecular formula is C19H23NO. The topological polar surface area (TPSA) is 35.2 Å². The summed E-state index contributed by atoms with van der Waals surface area (Å²) >= 11 is 0. The van der Waals surface area contributed by atoms with Gasteiger partial charge in [0.15, 0.2) is 0 Å². The Bertz CT molecular complexity index is 605. The number of rotatable bonds is 4. The fourth-order valence-electron chi connectivity index (χ4n) is 3.23. The van der Waals surface area contributed by atoms with Crippen LogP contribution < -0.4 is 10.5 Å². The minimum atomic E-state index is -0.363. The molecule has 0 saturated heterocycles. The molecule has 0 saturated carbocycles. The zero-order chi connectivity index (χ0) is 14.7. The molecular weight excluding hydrogens is 258 g/mol. The molecule has 2 heteroatoms. The van der Waals surface area contributed by atoms with Crippen molar-refractivity contribution in [2.75, 3.05) is 6.61 Å². The summed E-state index contributed by atoms with van der Waals surface area (Å²) in [7, 11) is 0. The Morgan fingerprint density at radius 2 is 1.86 bits per heavy atom. The van der Waals surface area contributed by atoms with Crippen LogP contribution in [0.3, 0.4) is 0 Å². The molecule has 2 aromatic rings. The number of ether oxygens (including phenoxy) is 1. The number of aryl methyl sites for hydroxylation is 1. The minimum absolute atomic E-state index is 0.363. The van der Waals surface area contributed by atoms with Crippen molar-refractivity contribution in [3.63, 3.8) is 0 Å². The molecule has 1 aliphatic rings. The van der Waals surface area contributed by atoms with E-state index in [9.17, 15) is 0 Å². The Balaban J connectivity index is 1.92. The lowest BCUT2D eigenvalue weighted by molar-refractivity contribution is 0.317. The van der Waals surface area contributed by atoms with Crippen LogP contribution in [0.25, 0.3) is 0 Å². The van der Waals surface area contributed by atoms with Crippen molar-refractivity contribution in [1.82, 2.24) is 0 Å². The molecule has 2 N–H and O–H groups in total. The second kappa shape index (κ2) is 5.90. The molecule has 0 spiro atoms. The van der Waals surface area contributed by atoms with Gasteiger partial charge in [-0.15, -0.1) is 0 Å². The van der Waals surface area contributed by atoms with Gasteiger partial charge >= 0.3 is 0 Å². The van der Waals surface area contributed by atoms with Gasteiger partial charge in [0.2, 0.25) is 0 Å². The molecule has 1 atom stereocenters. The van der Waals surface area contributed by atoms with Crippen LogP contribution in [0, 0.1) is 0 Å². The lowest BCUT2D eigenvalue weighted by Crippen LogP contribution is -2.41. The van der Waals surface area contributed by atoms with E-state index in [1.165, 1.54) is 16.7 Å². The van der Waals surface area contributed by atoms with Crippen molar-refractivity contribution >= 4 is 0 Å². The highest BCUT2D eigenvalue weighted by atomic mass is 16.5. The Labute approximate surface area is 126 Å². The normalized spacial score (nSPS) is 20.9. The number of fused-ring (bicyclic) bond motifs is 1. The summed E-state index contributed by atoms with van der Waals surface area (Å²) in [5.41, 5.74) is 10.3. The standard InChI is InChI=1S/C19H23NO/c1-2-14-21-17-11-9-16(10-12-17)19(20)13-5-7-15-6-3-4-8-18(15)19/h3-4,6,8-12H,2,5,7,13-14,20H2,1H3. The molecule has 0 fully saturated rings. The summed E-state index contributed by atoms with van der Waals surface area (Å²) in [6, 6.07) is 16.9. The molecule has 0 aliphatic heterocycles. The van der Waals surface area contributed by atoms with Gasteiger partial charge < -0.3 is 10.5 Å². The van der Waals surface area contributed by atoms with Crippen molar-refractivity contribution in [1.29, 1.82) is 0 Å². The van der Waals surface area contributed by atoms with Crippen LogP contribution in [-0.4, -0.2) is 6.61 Å². The van der Waals surface area contributed by atoms with E-state index in [1.807, 2.05) is 12.1 Å². The quantitative estimate of drug-likeness (QED) is 0.919. The van der Waals surface area contributed by atoms with E-state index in [-0.39, 0.29) is 5.54 Å². The molecule has 0 heterocycles. The summed E-state index contributed by atoms with van der Waals surface area (Å²) < 4.78 is 5.66. The maximum absolute atomic E-state index is 6.80. The molecule has 0 amide bonds. The highest BCUT2D eigenvalue weighted by molar-refractivity contribution is 5.45. The third kappa shape index (κ3) is 2.68. The molecule has 2 aromatic carbocycles. The number of hydrogen-bond donors (Lipinski definition) is 1. The van der Waals surface area contributed by atoms with Gasteiger partial charge in [0, 0.05) is 0 Å². The van der Waals surface area contributed by atoms with Gasteiger partial charge in [0.1, 0.15) is 5.75 Å². The van der Waals surface area contributed by atoms with Gasteiger partial charge in [0.05, 0.1) is 12.1 Å². The SMILES string of the molecule is CCCOc1ccc(C2(N)CCCc3ccccc32)cc1. The summed E-state index contributed by atoms with van der Waals surface area (Å²) in [4.78, 5) is 0. The first-order valence-electron chi connectivity index (χ1n) is 7.84. The van der Waals surface area contributed by atoms with Crippen LogP contribution in [0.5, 0.6) is 5.75 Å². The lowest BCUT2D eigenvalue weighted by Gasteiger charge is -2.36. The van der Waals surface area contributed by atoms with E-state index in [2.05, 4.69) is 43.3 Å². The highest BCUT2D eigenvalue weighted by Gasteiger charge is 2.33. The van der Waals surface area contributed by atoms with Crippen molar-refractivity contribution in [2.45, 2.75) is 38.1 Å². The Morgan fingerprint density at radius 1 is 1.10 bits per heavy atom. The molecule has 110 valence electrons. The predicted octanol–water partition coefficient (Wildman–Crippen LogP) is 4.01. The summed E-state index contributed by atoms with van der Waals surface area (Å²) in [5, 5.41) is 0. The Morgan fingerprint density at radius 3 is 2.62 bits per heavy atom. The molecule has 1 aliphatic carbocycles. The van der Waals surface area contributed by atoms with Gasteiger partial charge in [-0.1, -0.05) is 43.3 Å². The Hall–Kier alpha value is -1.80. The monoisotopic (exact) mass is 281 g/mol. The number of hydrogen-bond acceptors (Lipinski definition) is 2. The largest absolute Gasteiger partial charge is 0.494 e. The van der Waals surface area contributed by atoms with Crippen LogP contribution in [0.4, 0.5) is 0 Å². The third-order valence-corrected chi connectivity index (χ3v) is 4.36. The van der Waals surface area contributed by atoms with Crippen molar-refractivity contribution in [2.24, 2.45) is 5.73 Å². The van der Waals surface area contributed by atoms with Crippen LogP contribution >= 0.6 is 0 Å². The van der Waals surface area contributed by atoms with Gasteiger partial charge in [0.25, 0.3) is 0 Å². The van der Waals surface area contributed by atoms with Gasteiger partial charge in [-0.25, -0.2) is 0 Å². The molecule has 0 aromatic heterocycles. The van der Waals surface area contributed by atoms with E-state index < -0.39 is 0 Å². The van der Waals surface area contributed by atoms with Crippen LogP contribution in [0.15, 0.2) is 48.5 Å². The minimum Gasteiger partial charge on any atom is -0.494 e. The molecule has 2 nitrogen and oxygen atoms in total. The highest BCUT2D eigenvalue weighted by Crippen LogP contribution is 2.38. The lowest BCUT2D eigenvalue weighted by atomic mass is 9.73. The maximum atomic E-state index is 6.80. The maximum Gasteiger partial charge on any atom is 0.119 e. The predicted molar refractivity (Wildman–Crippen MR) is 86.6 cm³/mol. The summed E-state index contributed by atoms with van der Waals surface area (Å²) in [6.45, 7) is 2.87. The Kier molecular flexibility index (Phi) is 3.98. The summed E-state index contributed by atoms with van der Waals surface area (Å²) in [5.74, 6) is 0.924. The average molecular weight is 281 g/mol. The molecule has 0 bridgehead atoms. The van der Waals surface area contributed by atoms with Crippen LogP contribution in [-0.2, 0) is 12.0 Å². The van der Waals surface area contributed by atoms with E-state index >= 15 is 0 Å². The van der Waals surface area contributed by atoms with Crippen molar-refractivity contribution in [3.05, 3.63) is 65.2 Å². The fraction of sp³-hybridized carbons (Fsp3) is 0.368. The third-order valence-electron chi connectivity index (χ3n) is 4.36. The first-order chi connectivity index (χ1) is 10.2. The van der Waals surface area contributed by atoms with Gasteiger partial charge in [-0.2, -0.15) is 0 Å². The second-order valence-corrected chi connectivity index (χ2v) is 5.85. The van der Waals surface area contributed by atoms with Crippen LogP contribution in [0.1, 0.15) is 42.9 Å². The van der Waals surface area contributed by atoms with Gasteiger partial charge in [-0.05, 0) is 54.5 Å². The first kappa shape index (κ1) is 14.2. The molecule has 1 unspecified atom stereocenters. The van der Waals surface area contributed by atoms with Gasteiger partial charge in [-0.3, -0.25) is 0 Å². The van der Waals surface area contributed by atoms with E-state index in [0.29, 0.717) is 0 Å². The van der Waals surface area contributed by atoms with E-state index in [0.717, 1.165) is 38.0 Å². The van der Waals surface area contributed by atoms with Crippen molar-refractivity contribution < 1.29 is 4.74 Å². The van der Waals surface area contributed by atoms with E-state index in [4.69, 9.17) is 10.5 Å². The van der Waals surface area contributed by atoms with E-state index in [1.54, 1.807) is 0 Å². The molecule has 21 heavy (non-hydrogen) atoms. The number of nitrogens with two attached hydrogens (primary N) is 1. The number of benzene rings is 2. The molecule has 0 radical (unpaired) electrons. The van der Waals surface area contributed by atoms with Crippen LogP contribution in [0.2, 0.25) is 0 Å². The summed E-state index contributed by atoms with van der Waals surface area (Å²) in [6.07, 6.45) is 4.30. The van der Waals surface area contributed by atoms with Crippen molar-refractivity contribution in [3.8, 4) is 5.75 Å². The zero-order valence-electron chi connectivity index (χ0n) is 12.6. The fourth-order valence-corrected chi connectivity index (χ4v) is 3.23. The average Bonchev–Trinajstić information content (AvgIpc) is 2.54. The first-order valence-corrected chi connectivity index (χ1v) is 7.84. The smallest absolute Gasteiger partial charge is 0.119 e. The zero-order valence-corrected chi connectivity index (χ0v) is 12.6. The second-order valence-electron chi connectivity index (χ2n) is 5.85.